The van der Waals surface area contributed by atoms with Crippen LogP contribution in [0.5, 0.6) is 5.75 Å². The van der Waals surface area contributed by atoms with Crippen LogP contribution in [0, 0.1) is 0 Å². The Bertz CT molecular complexity index is 344. The van der Waals surface area contributed by atoms with E-state index in [0.717, 1.165) is 18.2 Å². The van der Waals surface area contributed by atoms with Crippen LogP contribution in [0.15, 0.2) is 36.6 Å². The maximum atomic E-state index is 11.2. The van der Waals surface area contributed by atoms with Gasteiger partial charge in [0.15, 0.2) is 5.78 Å². The van der Waals surface area contributed by atoms with Crippen molar-refractivity contribution in [3.05, 3.63) is 42.2 Å². The van der Waals surface area contributed by atoms with Crippen molar-refractivity contribution >= 4 is 5.78 Å². The van der Waals surface area contributed by atoms with Crippen molar-refractivity contribution in [2.75, 3.05) is 6.61 Å². The van der Waals surface area contributed by atoms with Gasteiger partial charge in [-0.1, -0.05) is 6.92 Å². The minimum absolute atomic E-state index is 0. The van der Waals surface area contributed by atoms with Crippen LogP contribution in [0.1, 0.15) is 23.7 Å². The molecule has 0 amide bonds. The normalized spacial score (nSPS) is 9.81. The Labute approximate surface area is 117 Å². The van der Waals surface area contributed by atoms with Gasteiger partial charge >= 0.3 is 29.6 Å². The predicted octanol–water partition coefficient (Wildman–Crippen LogP) is -1.46. The summed E-state index contributed by atoms with van der Waals surface area (Å²) >= 11 is 0. The molecule has 0 spiro atoms. The van der Waals surface area contributed by atoms with Gasteiger partial charge in [0, 0.05) is 5.56 Å². The van der Waals surface area contributed by atoms with Crippen molar-refractivity contribution in [2.45, 2.75) is 13.3 Å². The third kappa shape index (κ3) is 4.84. The molecule has 0 unspecified atom stereocenters. The van der Waals surface area contributed by atoms with E-state index in [0.29, 0.717) is 18.4 Å². The molecule has 0 N–H and O–H groups in total. The Balaban J connectivity index is 0.00000225. The zero-order chi connectivity index (χ0) is 11.1. The molecule has 0 aliphatic carbocycles. The van der Waals surface area contributed by atoms with Crippen LogP contribution in [-0.2, 0) is 0 Å². The number of allylic oxidation sites excluding steroid dienone is 1. The van der Waals surface area contributed by atoms with Gasteiger partial charge in [-0.25, -0.2) is 0 Å². The molecule has 0 aliphatic heterocycles. The Morgan fingerprint density at radius 3 is 2.50 bits per heavy atom. The average molecular weight is 228 g/mol. The van der Waals surface area contributed by atoms with Crippen molar-refractivity contribution < 1.29 is 44.2 Å². The molecule has 0 aliphatic rings. The number of ketones is 1. The largest absolute Gasteiger partial charge is 1.00 e. The first-order valence-electron chi connectivity index (χ1n) is 4.83. The number of hydrogen-bond acceptors (Lipinski definition) is 3. The second-order valence-corrected chi connectivity index (χ2v) is 3.04. The molecule has 3 nitrogen and oxygen atoms in total. The van der Waals surface area contributed by atoms with Gasteiger partial charge in [-0.3, -0.25) is 4.79 Å². The minimum atomic E-state index is -0.285. The molecule has 0 bridgehead atoms. The monoisotopic (exact) mass is 228 g/mol. The van der Waals surface area contributed by atoms with Gasteiger partial charge < -0.3 is 9.84 Å². The first-order valence-corrected chi connectivity index (χ1v) is 4.83. The molecule has 16 heavy (non-hydrogen) atoms. The van der Waals surface area contributed by atoms with Gasteiger partial charge in [0.2, 0.25) is 0 Å². The smallest absolute Gasteiger partial charge is 0.878 e. The third-order valence-electron chi connectivity index (χ3n) is 1.83. The molecule has 1 aromatic carbocycles. The van der Waals surface area contributed by atoms with Crippen LogP contribution >= 0.6 is 0 Å². The van der Waals surface area contributed by atoms with Gasteiger partial charge in [0.25, 0.3) is 0 Å². The van der Waals surface area contributed by atoms with E-state index in [1.807, 2.05) is 6.92 Å². The Morgan fingerprint density at radius 2 is 2.00 bits per heavy atom. The van der Waals surface area contributed by atoms with E-state index in [-0.39, 0.29) is 35.3 Å². The molecule has 0 saturated heterocycles. The first kappa shape index (κ1) is 15.2. The molecule has 0 fully saturated rings. The van der Waals surface area contributed by atoms with Crippen LogP contribution in [0.25, 0.3) is 0 Å². The fraction of sp³-hybridized carbons (Fsp3) is 0.250. The zero-order valence-corrected chi connectivity index (χ0v) is 11.6. The van der Waals surface area contributed by atoms with E-state index < -0.39 is 0 Å². The maximum absolute atomic E-state index is 11.2. The van der Waals surface area contributed by atoms with Gasteiger partial charge in [0.05, 0.1) is 6.61 Å². The summed E-state index contributed by atoms with van der Waals surface area (Å²) < 4.78 is 5.36. The molecule has 1 rings (SSSR count). The molecule has 0 atom stereocenters. The van der Waals surface area contributed by atoms with E-state index in [4.69, 9.17) is 4.74 Å². The van der Waals surface area contributed by atoms with E-state index in [9.17, 15) is 9.90 Å². The molecule has 0 saturated carbocycles. The van der Waals surface area contributed by atoms with E-state index in [1.54, 1.807) is 24.3 Å². The quantitative estimate of drug-likeness (QED) is 0.268. The predicted molar refractivity (Wildman–Crippen MR) is 55.7 cm³/mol. The molecule has 0 heterocycles. The van der Waals surface area contributed by atoms with Gasteiger partial charge in [-0.2, -0.15) is 0 Å². The third-order valence-corrected chi connectivity index (χ3v) is 1.83. The summed E-state index contributed by atoms with van der Waals surface area (Å²) in [4.78, 5) is 11.2. The van der Waals surface area contributed by atoms with Crippen LogP contribution < -0.4 is 39.4 Å². The maximum Gasteiger partial charge on any atom is 1.00 e. The average Bonchev–Trinajstić information content (AvgIpc) is 2.27. The summed E-state index contributed by atoms with van der Waals surface area (Å²) in [6.45, 7) is 2.69. The van der Waals surface area contributed by atoms with Crippen LogP contribution in [0.2, 0.25) is 0 Å². The number of rotatable bonds is 5. The molecule has 4 heteroatoms. The fourth-order valence-electron chi connectivity index (χ4n) is 1.09. The van der Waals surface area contributed by atoms with E-state index in [2.05, 4.69) is 0 Å². The van der Waals surface area contributed by atoms with E-state index >= 15 is 0 Å². The van der Waals surface area contributed by atoms with Gasteiger partial charge in [0.1, 0.15) is 5.75 Å². The van der Waals surface area contributed by atoms with Gasteiger partial charge in [-0.05, 0) is 36.8 Å². The summed E-state index contributed by atoms with van der Waals surface area (Å²) in [5.41, 5.74) is 0.492. The number of benzene rings is 1. The number of ether oxygens (including phenoxy) is 1. The fourth-order valence-corrected chi connectivity index (χ4v) is 1.09. The molecule has 0 radical (unpaired) electrons. The molecular weight excluding hydrogens is 215 g/mol. The van der Waals surface area contributed by atoms with Gasteiger partial charge in [-0.15, -0.1) is 6.26 Å². The zero-order valence-electron chi connectivity index (χ0n) is 9.60. The van der Waals surface area contributed by atoms with Crippen LogP contribution in [0.4, 0.5) is 0 Å². The summed E-state index contributed by atoms with van der Waals surface area (Å²) in [6.07, 6.45) is 2.44. The standard InChI is InChI=1S/C12H14O3.Na/c1-2-9-15-11-5-3-10(4-6-11)12(14)7-8-13;/h3-8,13H,2,9H2,1H3;/q;+1/p-1. The molecular formula is C12H13NaO3. The summed E-state index contributed by atoms with van der Waals surface area (Å²) in [6, 6.07) is 6.74. The SMILES string of the molecule is CCCOc1ccc(C(=O)C=C[O-])cc1.[Na+]. The van der Waals surface area contributed by atoms with Crippen molar-refractivity contribution in [2.24, 2.45) is 0 Å². The molecule has 0 aromatic heterocycles. The molecule has 1 aromatic rings. The topological polar surface area (TPSA) is 49.4 Å². The van der Waals surface area contributed by atoms with Crippen molar-refractivity contribution in [1.29, 1.82) is 0 Å². The Morgan fingerprint density at radius 1 is 1.38 bits per heavy atom. The van der Waals surface area contributed by atoms with Crippen molar-refractivity contribution in [3.8, 4) is 5.75 Å². The van der Waals surface area contributed by atoms with Crippen LogP contribution in [-0.4, -0.2) is 12.4 Å². The molecule has 80 valence electrons. The summed E-state index contributed by atoms with van der Waals surface area (Å²) in [7, 11) is 0. The van der Waals surface area contributed by atoms with E-state index in [1.165, 1.54) is 0 Å². The Hall–Kier alpha value is -0.770. The van der Waals surface area contributed by atoms with Crippen molar-refractivity contribution in [3.63, 3.8) is 0 Å². The Kier molecular flexibility index (Phi) is 7.99. The number of carbonyl (C=O) groups is 1. The first-order chi connectivity index (χ1) is 7.27. The minimum Gasteiger partial charge on any atom is -0.878 e. The second kappa shape index (κ2) is 8.39. The van der Waals surface area contributed by atoms with Crippen LogP contribution in [0.3, 0.4) is 0 Å². The second-order valence-electron chi connectivity index (χ2n) is 3.04. The number of hydrogen-bond donors (Lipinski definition) is 0. The summed E-state index contributed by atoms with van der Waals surface area (Å²) in [5, 5.41) is 10.1. The van der Waals surface area contributed by atoms with Crippen molar-refractivity contribution in [1.82, 2.24) is 0 Å². The number of carbonyl (C=O) groups excluding carboxylic acids is 1. The summed E-state index contributed by atoms with van der Waals surface area (Å²) in [5.74, 6) is 0.451.